The molecule has 3 aromatic rings. The minimum atomic E-state index is -5.08. The molecule has 14 heteroatoms. The Morgan fingerprint density at radius 3 is 2.18 bits per heavy atom. The summed E-state index contributed by atoms with van der Waals surface area (Å²) in [5, 5.41) is 7.72. The Bertz CT molecular complexity index is 1420. The maximum atomic E-state index is 15.0. The second-order valence-corrected chi connectivity index (χ2v) is 11.5. The first-order chi connectivity index (χ1) is 20.8. The number of rotatable bonds is 8. The van der Waals surface area contributed by atoms with Crippen LogP contribution in [0, 0.1) is 17.6 Å². The number of carbonyl (C=O) groups is 2. The van der Waals surface area contributed by atoms with Crippen molar-refractivity contribution in [2.24, 2.45) is 5.92 Å². The quantitative estimate of drug-likeness (QED) is 0.252. The van der Waals surface area contributed by atoms with Gasteiger partial charge >= 0.3 is 12.1 Å². The molecule has 2 aromatic carbocycles. The van der Waals surface area contributed by atoms with Crippen molar-refractivity contribution in [2.45, 2.75) is 63.7 Å². The fraction of sp³-hybridized carbons (Fsp3) is 0.433. The van der Waals surface area contributed by atoms with Crippen molar-refractivity contribution in [3.8, 4) is 16.9 Å². The highest BCUT2D eigenvalue weighted by Crippen LogP contribution is 2.38. The first kappa shape index (κ1) is 33.5. The first-order valence-electron chi connectivity index (χ1n) is 14.0. The number of imidazole rings is 1. The summed E-state index contributed by atoms with van der Waals surface area (Å²) in [6, 6.07) is 5.67. The second kappa shape index (κ2) is 14.6. The van der Waals surface area contributed by atoms with E-state index in [-0.39, 0.29) is 35.3 Å². The van der Waals surface area contributed by atoms with Crippen molar-refractivity contribution in [3.05, 3.63) is 70.2 Å². The molecular weight excluding hydrogens is 632 g/mol. The third kappa shape index (κ3) is 8.41. The summed E-state index contributed by atoms with van der Waals surface area (Å²) in [4.78, 5) is 28.0. The van der Waals surface area contributed by atoms with E-state index in [1.54, 1.807) is 23.3 Å². The van der Waals surface area contributed by atoms with E-state index in [9.17, 15) is 26.7 Å². The number of carbonyl (C=O) groups excluding carboxylic acids is 1. The lowest BCUT2D eigenvalue weighted by Crippen LogP contribution is -2.39. The number of carboxylic acids is 1. The lowest BCUT2D eigenvalue weighted by Gasteiger charge is -2.31. The van der Waals surface area contributed by atoms with E-state index >= 15 is 0 Å². The average molecular weight is 662 g/mol. The van der Waals surface area contributed by atoms with Crippen LogP contribution in [0.4, 0.5) is 22.0 Å². The lowest BCUT2D eigenvalue weighted by atomic mass is 9.93. The predicted octanol–water partition coefficient (Wildman–Crippen LogP) is 7.57. The summed E-state index contributed by atoms with van der Waals surface area (Å²) < 4.78 is 69.0. The van der Waals surface area contributed by atoms with Gasteiger partial charge in [-0.05, 0) is 48.9 Å². The molecule has 2 aliphatic rings. The van der Waals surface area contributed by atoms with Crippen LogP contribution in [0.3, 0.4) is 0 Å². The number of alkyl halides is 3. The molecule has 1 saturated heterocycles. The molecule has 2 heterocycles. The summed E-state index contributed by atoms with van der Waals surface area (Å²) in [5.74, 6) is -4.24. The number of aromatic nitrogens is 2. The van der Waals surface area contributed by atoms with Crippen molar-refractivity contribution >= 4 is 35.1 Å². The zero-order valence-corrected chi connectivity index (χ0v) is 24.9. The fourth-order valence-electron chi connectivity index (χ4n) is 5.49. The number of hydrogen-bond donors (Lipinski definition) is 1. The van der Waals surface area contributed by atoms with Gasteiger partial charge < -0.3 is 19.3 Å². The molecule has 0 bridgehead atoms. The predicted molar refractivity (Wildman–Crippen MR) is 154 cm³/mol. The average Bonchev–Trinajstić information content (AvgIpc) is 3.60. The molecule has 1 amide bonds. The standard InChI is InChI=1S/C28H29Cl2F2N3O2.C2HF3O2/c29-23-13-19(27-25(31)15-21(16-26(27)32)37-11-10-34-9-7-33-17-34)14-24(30)22(23)12-18-6-8-35(28(18)36)20-4-2-1-3-5-20;3-2(4,5)1(6)7/h7,9,13-18,20H,1-6,8,10-12H2;(H,6,7). The summed E-state index contributed by atoms with van der Waals surface area (Å²) in [6.07, 6.45) is 6.87. The van der Waals surface area contributed by atoms with Gasteiger partial charge in [0.2, 0.25) is 5.91 Å². The molecule has 1 aliphatic carbocycles. The van der Waals surface area contributed by atoms with Gasteiger partial charge in [0, 0.05) is 53.1 Å². The molecule has 1 N–H and O–H groups in total. The third-order valence-electron chi connectivity index (χ3n) is 7.68. The van der Waals surface area contributed by atoms with Crippen LogP contribution in [-0.4, -0.2) is 56.8 Å². The van der Waals surface area contributed by atoms with E-state index < -0.39 is 23.8 Å². The number of hydrogen-bond acceptors (Lipinski definition) is 4. The van der Waals surface area contributed by atoms with Crippen molar-refractivity contribution in [2.75, 3.05) is 13.2 Å². The van der Waals surface area contributed by atoms with Crippen LogP contribution in [0.5, 0.6) is 5.75 Å². The van der Waals surface area contributed by atoms with Crippen LogP contribution in [0.25, 0.3) is 11.1 Å². The van der Waals surface area contributed by atoms with Crippen LogP contribution in [0.2, 0.25) is 10.0 Å². The van der Waals surface area contributed by atoms with E-state index in [0.717, 1.165) is 37.9 Å². The molecule has 0 radical (unpaired) electrons. The third-order valence-corrected chi connectivity index (χ3v) is 8.36. The van der Waals surface area contributed by atoms with Gasteiger partial charge in [-0.15, -0.1) is 0 Å². The molecular formula is C30H30Cl2F5N3O4. The van der Waals surface area contributed by atoms with Crippen LogP contribution in [0.15, 0.2) is 43.0 Å². The number of benzene rings is 2. The van der Waals surface area contributed by atoms with Gasteiger partial charge in [0.1, 0.15) is 24.0 Å². The topological polar surface area (TPSA) is 84.7 Å². The number of carboxylic acid groups (broad SMARTS) is 1. The zero-order valence-electron chi connectivity index (χ0n) is 23.4. The van der Waals surface area contributed by atoms with Crippen molar-refractivity contribution in [3.63, 3.8) is 0 Å². The minimum Gasteiger partial charge on any atom is -0.492 e. The summed E-state index contributed by atoms with van der Waals surface area (Å²) in [7, 11) is 0. The maximum Gasteiger partial charge on any atom is 0.490 e. The Balaban J connectivity index is 0.000000566. The number of likely N-dealkylation sites (tertiary alicyclic amines) is 1. The molecule has 5 rings (SSSR count). The largest absolute Gasteiger partial charge is 0.492 e. The Morgan fingerprint density at radius 1 is 1.02 bits per heavy atom. The van der Waals surface area contributed by atoms with E-state index in [0.29, 0.717) is 34.6 Å². The molecule has 44 heavy (non-hydrogen) atoms. The molecule has 1 unspecified atom stereocenters. The van der Waals surface area contributed by atoms with Gasteiger partial charge in [-0.25, -0.2) is 18.6 Å². The smallest absolute Gasteiger partial charge is 0.490 e. The van der Waals surface area contributed by atoms with E-state index in [2.05, 4.69) is 4.98 Å². The van der Waals surface area contributed by atoms with Gasteiger partial charge in [-0.1, -0.05) is 42.5 Å². The number of halogens is 7. The maximum absolute atomic E-state index is 15.0. The number of amides is 1. The molecule has 1 aromatic heterocycles. The van der Waals surface area contributed by atoms with Gasteiger partial charge in [0.25, 0.3) is 0 Å². The Hall–Kier alpha value is -3.38. The number of aliphatic carboxylic acids is 1. The highest BCUT2D eigenvalue weighted by molar-refractivity contribution is 6.36. The molecule has 7 nitrogen and oxygen atoms in total. The highest BCUT2D eigenvalue weighted by atomic mass is 35.5. The SMILES string of the molecule is O=C(O)C(F)(F)F.O=C1C(Cc2c(Cl)cc(-c3c(F)cc(OCCn4ccnc4)cc3F)cc2Cl)CCN1C1CCCCC1. The van der Waals surface area contributed by atoms with Crippen molar-refractivity contribution < 1.29 is 41.4 Å². The van der Waals surface area contributed by atoms with Crippen LogP contribution >= 0.6 is 23.2 Å². The minimum absolute atomic E-state index is 0.0925. The Labute approximate surface area is 260 Å². The van der Waals surface area contributed by atoms with E-state index in [1.807, 2.05) is 4.90 Å². The van der Waals surface area contributed by atoms with Gasteiger partial charge in [0.05, 0.1) is 18.4 Å². The number of nitrogens with zero attached hydrogens (tertiary/aromatic N) is 3. The second-order valence-electron chi connectivity index (χ2n) is 10.6. The van der Waals surface area contributed by atoms with Crippen molar-refractivity contribution in [1.29, 1.82) is 0 Å². The van der Waals surface area contributed by atoms with Gasteiger partial charge in [0.15, 0.2) is 0 Å². The zero-order chi connectivity index (χ0) is 32.0. The monoisotopic (exact) mass is 661 g/mol. The molecule has 1 aliphatic heterocycles. The Morgan fingerprint density at radius 2 is 1.64 bits per heavy atom. The molecule has 238 valence electrons. The van der Waals surface area contributed by atoms with Crippen LogP contribution in [0.1, 0.15) is 44.1 Å². The summed E-state index contributed by atoms with van der Waals surface area (Å²) >= 11 is 13.1. The normalized spacial score (nSPS) is 17.4. The Kier molecular flexibility index (Phi) is 11.1. The van der Waals surface area contributed by atoms with Gasteiger partial charge in [-0.2, -0.15) is 13.2 Å². The highest BCUT2D eigenvalue weighted by Gasteiger charge is 2.38. The summed E-state index contributed by atoms with van der Waals surface area (Å²) in [5.41, 5.74) is 0.647. The molecule has 0 spiro atoms. The number of ether oxygens (including phenoxy) is 1. The van der Waals surface area contributed by atoms with E-state index in [1.165, 1.54) is 31.4 Å². The van der Waals surface area contributed by atoms with Gasteiger partial charge in [-0.3, -0.25) is 4.79 Å². The van der Waals surface area contributed by atoms with Crippen LogP contribution < -0.4 is 4.74 Å². The lowest BCUT2D eigenvalue weighted by molar-refractivity contribution is -0.192. The summed E-state index contributed by atoms with van der Waals surface area (Å²) in [6.45, 7) is 1.49. The van der Waals surface area contributed by atoms with Crippen molar-refractivity contribution in [1.82, 2.24) is 14.5 Å². The molecule has 1 atom stereocenters. The van der Waals surface area contributed by atoms with Crippen LogP contribution in [-0.2, 0) is 22.6 Å². The molecule has 2 fully saturated rings. The first-order valence-corrected chi connectivity index (χ1v) is 14.8. The molecule has 1 saturated carbocycles. The fourth-order valence-corrected chi connectivity index (χ4v) is 6.13. The van der Waals surface area contributed by atoms with E-state index in [4.69, 9.17) is 37.8 Å².